The van der Waals surface area contributed by atoms with Crippen LogP contribution in [0.15, 0.2) is 0 Å². The summed E-state index contributed by atoms with van der Waals surface area (Å²) in [5, 5.41) is 83.8. The van der Waals surface area contributed by atoms with Crippen LogP contribution in [0.25, 0.3) is 0 Å². The molecule has 3 rings (SSSR count). The zero-order valence-electron chi connectivity index (χ0n) is 21.6. The summed E-state index contributed by atoms with van der Waals surface area (Å²) in [5.41, 5.74) is 0. The highest BCUT2D eigenvalue weighted by molar-refractivity contribution is 5.73. The van der Waals surface area contributed by atoms with Crippen molar-refractivity contribution in [1.82, 2.24) is 5.32 Å². The molecule has 0 aromatic heterocycles. The first-order valence-corrected chi connectivity index (χ1v) is 12.3. The molecule has 228 valence electrons. The van der Waals surface area contributed by atoms with Crippen LogP contribution in [0.5, 0.6) is 0 Å². The van der Waals surface area contributed by atoms with E-state index >= 15 is 0 Å². The maximum atomic E-state index is 11.8. The predicted molar refractivity (Wildman–Crippen MR) is 122 cm³/mol. The van der Waals surface area contributed by atoms with Crippen molar-refractivity contribution in [2.24, 2.45) is 0 Å². The summed E-state index contributed by atoms with van der Waals surface area (Å²) in [6.07, 6.45) is -20.8. The van der Waals surface area contributed by atoms with Gasteiger partial charge >= 0.3 is 0 Å². The molecule has 0 aliphatic carbocycles. The van der Waals surface area contributed by atoms with Gasteiger partial charge in [0, 0.05) is 21.1 Å². The molecule has 0 bridgehead atoms. The molecular formula is C22H39NO16. The lowest BCUT2D eigenvalue weighted by Gasteiger charge is -2.48. The molecule has 1 unspecified atom stereocenters. The lowest BCUT2D eigenvalue weighted by atomic mass is 9.95. The number of ether oxygens (including phenoxy) is 7. The molecule has 0 aromatic rings. The van der Waals surface area contributed by atoms with Crippen molar-refractivity contribution in [3.05, 3.63) is 0 Å². The van der Waals surface area contributed by atoms with Crippen molar-refractivity contribution in [3.8, 4) is 0 Å². The smallest absolute Gasteiger partial charge is 0.217 e. The van der Waals surface area contributed by atoms with E-state index < -0.39 is 111 Å². The van der Waals surface area contributed by atoms with Crippen LogP contribution in [-0.4, -0.2) is 173 Å². The van der Waals surface area contributed by atoms with E-state index in [4.69, 9.17) is 33.2 Å². The largest absolute Gasteiger partial charge is 0.394 e. The number of aliphatic hydroxyl groups excluding tert-OH is 8. The Morgan fingerprint density at radius 3 is 1.97 bits per heavy atom. The van der Waals surface area contributed by atoms with Crippen LogP contribution in [0.4, 0.5) is 0 Å². The molecule has 3 heterocycles. The first-order chi connectivity index (χ1) is 18.4. The zero-order chi connectivity index (χ0) is 29.0. The van der Waals surface area contributed by atoms with Gasteiger partial charge in [0.25, 0.3) is 0 Å². The molecule has 3 aliphatic heterocycles. The molecule has 0 radical (unpaired) electrons. The molecule has 3 fully saturated rings. The van der Waals surface area contributed by atoms with Gasteiger partial charge in [-0.15, -0.1) is 0 Å². The van der Waals surface area contributed by atoms with Crippen LogP contribution in [0.3, 0.4) is 0 Å². The third-order valence-electron chi connectivity index (χ3n) is 6.87. The number of hydrogen-bond donors (Lipinski definition) is 9. The zero-order valence-corrected chi connectivity index (χ0v) is 21.6. The normalized spacial score (nSPS) is 47.1. The quantitative estimate of drug-likeness (QED) is 0.118. The minimum atomic E-state index is -1.82. The topological polar surface area (TPSA) is 256 Å². The second kappa shape index (κ2) is 14.2. The second-order valence-electron chi connectivity index (χ2n) is 9.59. The fourth-order valence-corrected chi connectivity index (χ4v) is 4.76. The van der Waals surface area contributed by atoms with Crippen molar-refractivity contribution in [2.75, 3.05) is 34.0 Å². The van der Waals surface area contributed by atoms with Gasteiger partial charge in [-0.2, -0.15) is 0 Å². The summed E-state index contributed by atoms with van der Waals surface area (Å²) in [7, 11) is 2.69. The number of methoxy groups -OCH3 is 2. The van der Waals surface area contributed by atoms with Crippen molar-refractivity contribution in [3.63, 3.8) is 0 Å². The molecule has 39 heavy (non-hydrogen) atoms. The summed E-state index contributed by atoms with van der Waals surface area (Å²) in [5.74, 6) is -0.600. The standard InChI is InChI=1S/C22H39NO16/c1-7(25)23-11-14(28)12(26)8(4-24)37-21(11)39-19-17(31)18(34-3)10(5-33-2)38-22(19)35-6-9-13(27)15(29)16(30)20(32)36-9/h8-22,24,26-32H,4-6H2,1-3H3,(H,23,25)/t8-,9-,10-,11-,12-,13-,14-,15+,16-,17+,18-,19+,20?,21+,22+/m1/s1. The molecule has 3 aliphatic rings. The van der Waals surface area contributed by atoms with Gasteiger partial charge in [0.1, 0.15) is 73.2 Å². The number of carbonyl (C=O) groups excluding carboxylic acids is 1. The van der Waals surface area contributed by atoms with E-state index in [2.05, 4.69) is 5.32 Å². The summed E-state index contributed by atoms with van der Waals surface area (Å²) in [4.78, 5) is 11.8. The van der Waals surface area contributed by atoms with Gasteiger partial charge in [-0.1, -0.05) is 0 Å². The van der Waals surface area contributed by atoms with Crippen molar-refractivity contribution in [2.45, 2.75) is 99.0 Å². The number of rotatable bonds is 10. The minimum Gasteiger partial charge on any atom is -0.394 e. The van der Waals surface area contributed by atoms with Gasteiger partial charge in [0.2, 0.25) is 5.91 Å². The molecular weight excluding hydrogens is 534 g/mol. The monoisotopic (exact) mass is 573 g/mol. The lowest BCUT2D eigenvalue weighted by molar-refractivity contribution is -0.364. The molecule has 0 aromatic carbocycles. The number of aliphatic hydroxyl groups is 8. The van der Waals surface area contributed by atoms with E-state index in [0.717, 1.165) is 6.92 Å². The summed E-state index contributed by atoms with van der Waals surface area (Å²) in [6.45, 7) is -0.138. The van der Waals surface area contributed by atoms with Crippen LogP contribution in [0, 0.1) is 0 Å². The Morgan fingerprint density at radius 2 is 1.38 bits per heavy atom. The van der Waals surface area contributed by atoms with Crippen LogP contribution in [-0.2, 0) is 38.0 Å². The van der Waals surface area contributed by atoms with E-state index in [0.29, 0.717) is 0 Å². The third kappa shape index (κ3) is 7.21. The highest BCUT2D eigenvalue weighted by Crippen LogP contribution is 2.31. The lowest BCUT2D eigenvalue weighted by Crippen LogP contribution is -2.68. The molecule has 0 saturated carbocycles. The Morgan fingerprint density at radius 1 is 0.744 bits per heavy atom. The molecule has 0 spiro atoms. The first kappa shape index (κ1) is 32.4. The van der Waals surface area contributed by atoms with Gasteiger partial charge < -0.3 is 79.3 Å². The Labute approximate surface area is 223 Å². The molecule has 3 saturated heterocycles. The van der Waals surface area contributed by atoms with E-state index in [1.54, 1.807) is 0 Å². The van der Waals surface area contributed by atoms with Crippen LogP contribution >= 0.6 is 0 Å². The molecule has 9 N–H and O–H groups in total. The van der Waals surface area contributed by atoms with Gasteiger partial charge in [-0.25, -0.2) is 0 Å². The van der Waals surface area contributed by atoms with Crippen LogP contribution in [0.2, 0.25) is 0 Å². The fraction of sp³-hybridized carbons (Fsp3) is 0.955. The van der Waals surface area contributed by atoms with Gasteiger partial charge in [-0.3, -0.25) is 4.79 Å². The average molecular weight is 574 g/mol. The Balaban J connectivity index is 1.85. The maximum absolute atomic E-state index is 11.8. The van der Waals surface area contributed by atoms with Crippen molar-refractivity contribution in [1.29, 1.82) is 0 Å². The van der Waals surface area contributed by atoms with Crippen molar-refractivity contribution >= 4 is 5.91 Å². The van der Waals surface area contributed by atoms with Gasteiger partial charge in [0.15, 0.2) is 18.9 Å². The number of carbonyl (C=O) groups is 1. The Kier molecular flexibility index (Phi) is 11.8. The van der Waals surface area contributed by atoms with E-state index in [-0.39, 0.29) is 6.61 Å². The minimum absolute atomic E-state index is 0.0553. The second-order valence-corrected chi connectivity index (χ2v) is 9.59. The van der Waals surface area contributed by atoms with E-state index in [9.17, 15) is 45.6 Å². The predicted octanol–water partition coefficient (Wildman–Crippen LogP) is -6.12. The fourth-order valence-electron chi connectivity index (χ4n) is 4.76. The Hall–Kier alpha value is -1.13. The maximum Gasteiger partial charge on any atom is 0.217 e. The summed E-state index contributed by atoms with van der Waals surface area (Å²) < 4.78 is 38.8. The first-order valence-electron chi connectivity index (χ1n) is 12.3. The number of hydrogen-bond acceptors (Lipinski definition) is 16. The molecule has 17 nitrogen and oxygen atoms in total. The molecule has 1 amide bonds. The SMILES string of the molecule is COC[C@H]1O[C@H](OC[C@H]2OC(O)[C@H](O)[C@@H](O)[C@@H]2O)[C@@H](O[C@@H]2O[C@H](CO)[C@@H](O)[C@H](O)[C@H]2NC(C)=O)[C@@H](O)[C@@H]1OC. The summed E-state index contributed by atoms with van der Waals surface area (Å²) >= 11 is 0. The van der Waals surface area contributed by atoms with E-state index in [1.165, 1.54) is 14.2 Å². The van der Waals surface area contributed by atoms with Crippen LogP contribution in [0.1, 0.15) is 6.92 Å². The molecule has 15 atom stereocenters. The highest BCUT2D eigenvalue weighted by atomic mass is 16.8. The number of amides is 1. The van der Waals surface area contributed by atoms with Gasteiger partial charge in [0.05, 0.1) is 19.8 Å². The van der Waals surface area contributed by atoms with Gasteiger partial charge in [-0.05, 0) is 0 Å². The molecule has 17 heteroatoms. The Bertz CT molecular complexity index is 778. The number of nitrogens with one attached hydrogen (secondary N) is 1. The highest BCUT2D eigenvalue weighted by Gasteiger charge is 2.52. The average Bonchev–Trinajstić information content (AvgIpc) is 2.90. The summed E-state index contributed by atoms with van der Waals surface area (Å²) in [6, 6.07) is -1.35. The third-order valence-corrected chi connectivity index (χ3v) is 6.87. The van der Waals surface area contributed by atoms with E-state index in [1.807, 2.05) is 0 Å². The van der Waals surface area contributed by atoms with Crippen molar-refractivity contribution < 1.29 is 78.8 Å². The van der Waals surface area contributed by atoms with Crippen LogP contribution < -0.4 is 5.32 Å².